The minimum absolute atomic E-state index is 0.112. The van der Waals surface area contributed by atoms with E-state index in [9.17, 15) is 9.18 Å². The van der Waals surface area contributed by atoms with Crippen molar-refractivity contribution in [2.24, 2.45) is 0 Å². The van der Waals surface area contributed by atoms with Crippen LogP contribution in [0.2, 0.25) is 0 Å². The normalized spacial score (nSPS) is 10.1. The van der Waals surface area contributed by atoms with Crippen LogP contribution >= 0.6 is 0 Å². The summed E-state index contributed by atoms with van der Waals surface area (Å²) in [6.45, 7) is 0.331. The highest BCUT2D eigenvalue weighted by Gasteiger charge is 2.07. The monoisotopic (exact) mass is 273 g/mol. The van der Waals surface area contributed by atoms with E-state index in [4.69, 9.17) is 10.5 Å². The molecule has 0 aliphatic heterocycles. The number of carboxylic acids is 1. The number of aromatic carboxylic acids is 1. The Kier molecular flexibility index (Phi) is 4.05. The molecule has 0 bridgehead atoms. The van der Waals surface area contributed by atoms with Gasteiger partial charge in [-0.15, -0.1) is 0 Å². The third kappa shape index (κ3) is 3.17. The van der Waals surface area contributed by atoms with Crippen molar-refractivity contribution in [3.05, 3.63) is 59.2 Å². The van der Waals surface area contributed by atoms with E-state index in [0.29, 0.717) is 23.4 Å². The zero-order chi connectivity index (χ0) is 14.5. The number of carbonyl (C=O) groups is 1. The maximum absolute atomic E-state index is 13.0. The Balaban J connectivity index is 2.17. The zero-order valence-corrected chi connectivity index (χ0v) is 10.4. The highest BCUT2D eigenvalue weighted by Crippen LogP contribution is 2.17. The summed E-state index contributed by atoms with van der Waals surface area (Å²) in [6.07, 6.45) is 3.72. The Bertz CT molecular complexity index is 659. The van der Waals surface area contributed by atoms with E-state index < -0.39 is 11.8 Å². The van der Waals surface area contributed by atoms with Crippen molar-refractivity contribution < 1.29 is 14.3 Å². The first-order chi connectivity index (χ1) is 9.60. The van der Waals surface area contributed by atoms with E-state index in [1.165, 1.54) is 24.4 Å². The van der Waals surface area contributed by atoms with Gasteiger partial charge in [-0.3, -0.25) is 4.98 Å². The van der Waals surface area contributed by atoms with E-state index in [1.54, 1.807) is 6.07 Å². The molecule has 0 atom stereocenters. The summed E-state index contributed by atoms with van der Waals surface area (Å²) >= 11 is 0. The van der Waals surface area contributed by atoms with Gasteiger partial charge in [0.15, 0.2) is 0 Å². The van der Waals surface area contributed by atoms with Crippen LogP contribution in [0.25, 0.3) is 0 Å². The van der Waals surface area contributed by atoms with Crippen molar-refractivity contribution in [2.75, 3.05) is 5.32 Å². The van der Waals surface area contributed by atoms with Crippen molar-refractivity contribution in [1.29, 1.82) is 5.41 Å². The summed E-state index contributed by atoms with van der Waals surface area (Å²) < 4.78 is 13.0. The third-order valence-electron chi connectivity index (χ3n) is 2.70. The number of pyridine rings is 1. The summed E-state index contributed by atoms with van der Waals surface area (Å²) in [6, 6.07) is 5.79. The number of hydrogen-bond donors (Lipinski definition) is 3. The molecule has 0 saturated carbocycles. The van der Waals surface area contributed by atoms with Gasteiger partial charge in [-0.1, -0.05) is 0 Å². The Labute approximate surface area is 114 Å². The van der Waals surface area contributed by atoms with Crippen molar-refractivity contribution in [3.8, 4) is 0 Å². The number of nitrogens with one attached hydrogen (secondary N) is 2. The number of carboxylic acid groups (broad SMARTS) is 1. The summed E-state index contributed by atoms with van der Waals surface area (Å²) in [7, 11) is 0. The molecule has 1 aromatic heterocycles. The molecule has 2 rings (SSSR count). The van der Waals surface area contributed by atoms with Gasteiger partial charge in [0.1, 0.15) is 5.82 Å². The van der Waals surface area contributed by atoms with Crippen molar-refractivity contribution in [3.63, 3.8) is 0 Å². The van der Waals surface area contributed by atoms with Gasteiger partial charge in [0.2, 0.25) is 0 Å². The van der Waals surface area contributed by atoms with Crippen LogP contribution in [0, 0.1) is 11.2 Å². The summed E-state index contributed by atoms with van der Waals surface area (Å²) in [5.41, 5.74) is 1.83. The topological polar surface area (TPSA) is 86.1 Å². The number of rotatable bonds is 5. The molecule has 20 heavy (non-hydrogen) atoms. The van der Waals surface area contributed by atoms with Crippen molar-refractivity contribution in [1.82, 2.24) is 4.98 Å². The second-order valence-electron chi connectivity index (χ2n) is 4.12. The fourth-order valence-electron chi connectivity index (χ4n) is 1.73. The van der Waals surface area contributed by atoms with Gasteiger partial charge < -0.3 is 15.8 Å². The number of halogens is 1. The van der Waals surface area contributed by atoms with Crippen LogP contribution < -0.4 is 5.32 Å². The number of hydrogen-bond acceptors (Lipinski definition) is 4. The molecule has 0 aliphatic carbocycles. The first kappa shape index (κ1) is 13.7. The average Bonchev–Trinajstić information content (AvgIpc) is 2.45. The molecular formula is C14H12FN3O2. The predicted octanol–water partition coefficient (Wildman–Crippen LogP) is 2.53. The zero-order valence-electron chi connectivity index (χ0n) is 10.4. The molecule has 0 spiro atoms. The second-order valence-corrected chi connectivity index (χ2v) is 4.12. The van der Waals surface area contributed by atoms with E-state index in [-0.39, 0.29) is 5.56 Å². The fraction of sp³-hybridized carbons (Fsp3) is 0.0714. The SMILES string of the molecule is N=Cc1cc(C(=O)O)ccc1NCc1cncc(F)c1. The van der Waals surface area contributed by atoms with E-state index in [2.05, 4.69) is 10.3 Å². The molecule has 0 amide bonds. The number of benzene rings is 1. The Morgan fingerprint density at radius 1 is 1.40 bits per heavy atom. The number of anilines is 1. The van der Waals surface area contributed by atoms with Crippen LogP contribution in [-0.2, 0) is 6.54 Å². The second kappa shape index (κ2) is 5.92. The Morgan fingerprint density at radius 2 is 2.20 bits per heavy atom. The van der Waals surface area contributed by atoms with Gasteiger partial charge >= 0.3 is 5.97 Å². The minimum atomic E-state index is -1.05. The lowest BCUT2D eigenvalue weighted by molar-refractivity contribution is 0.0697. The molecule has 0 saturated heterocycles. The van der Waals surface area contributed by atoms with Crippen LogP contribution in [0.3, 0.4) is 0 Å². The minimum Gasteiger partial charge on any atom is -0.478 e. The summed E-state index contributed by atoms with van der Waals surface area (Å²) in [5, 5.41) is 19.2. The fourth-order valence-corrected chi connectivity index (χ4v) is 1.73. The first-order valence-electron chi connectivity index (χ1n) is 5.81. The average molecular weight is 273 g/mol. The molecule has 5 nitrogen and oxygen atoms in total. The number of nitrogens with zero attached hydrogens (tertiary/aromatic N) is 1. The quantitative estimate of drug-likeness (QED) is 0.731. The summed E-state index contributed by atoms with van der Waals surface area (Å²) in [4.78, 5) is 14.6. The van der Waals surface area contributed by atoms with Gasteiger partial charge in [-0.2, -0.15) is 0 Å². The van der Waals surface area contributed by atoms with E-state index >= 15 is 0 Å². The maximum atomic E-state index is 13.0. The van der Waals surface area contributed by atoms with Crippen LogP contribution in [-0.4, -0.2) is 22.3 Å². The highest BCUT2D eigenvalue weighted by atomic mass is 19.1. The smallest absolute Gasteiger partial charge is 0.335 e. The first-order valence-corrected chi connectivity index (χ1v) is 5.81. The van der Waals surface area contributed by atoms with Crippen molar-refractivity contribution >= 4 is 17.9 Å². The van der Waals surface area contributed by atoms with E-state index in [1.807, 2.05) is 0 Å². The largest absolute Gasteiger partial charge is 0.478 e. The molecule has 0 fully saturated rings. The molecule has 1 heterocycles. The lowest BCUT2D eigenvalue weighted by Gasteiger charge is -2.10. The third-order valence-corrected chi connectivity index (χ3v) is 2.70. The van der Waals surface area contributed by atoms with Crippen molar-refractivity contribution in [2.45, 2.75) is 6.54 Å². The number of aromatic nitrogens is 1. The van der Waals surface area contributed by atoms with Crippen LogP contribution in [0.15, 0.2) is 36.7 Å². The molecular weight excluding hydrogens is 261 g/mol. The van der Waals surface area contributed by atoms with Gasteiger partial charge in [0, 0.05) is 30.2 Å². The summed E-state index contributed by atoms with van der Waals surface area (Å²) in [5.74, 6) is -1.47. The Morgan fingerprint density at radius 3 is 2.85 bits per heavy atom. The molecule has 2 aromatic rings. The van der Waals surface area contributed by atoms with Gasteiger partial charge in [0.05, 0.1) is 11.8 Å². The molecule has 0 radical (unpaired) electrons. The molecule has 3 N–H and O–H groups in total. The van der Waals surface area contributed by atoms with Crippen LogP contribution in [0.1, 0.15) is 21.5 Å². The molecule has 1 aromatic carbocycles. The van der Waals surface area contributed by atoms with Crippen LogP contribution in [0.4, 0.5) is 10.1 Å². The molecule has 0 unspecified atom stereocenters. The maximum Gasteiger partial charge on any atom is 0.335 e. The highest BCUT2D eigenvalue weighted by molar-refractivity contribution is 5.93. The lowest BCUT2D eigenvalue weighted by Crippen LogP contribution is -2.05. The molecule has 0 aliphatic rings. The molecule has 102 valence electrons. The van der Waals surface area contributed by atoms with Gasteiger partial charge in [-0.05, 0) is 29.8 Å². The van der Waals surface area contributed by atoms with Gasteiger partial charge in [0.25, 0.3) is 0 Å². The van der Waals surface area contributed by atoms with Gasteiger partial charge in [-0.25, -0.2) is 9.18 Å². The lowest BCUT2D eigenvalue weighted by atomic mass is 10.1. The van der Waals surface area contributed by atoms with Crippen LogP contribution in [0.5, 0.6) is 0 Å². The molecule has 6 heteroatoms. The predicted molar refractivity (Wildman–Crippen MR) is 72.8 cm³/mol. The Hall–Kier alpha value is -2.76. The van der Waals surface area contributed by atoms with E-state index in [0.717, 1.165) is 12.4 Å². The standard InChI is InChI=1S/C14H12FN3O2/c15-12-3-9(6-17-8-12)7-18-13-2-1-10(14(19)20)4-11(13)5-16/h1-6,8,16,18H,7H2,(H,19,20).